The van der Waals surface area contributed by atoms with Crippen LogP contribution < -0.4 is 5.73 Å². The molecule has 0 aliphatic carbocycles. The number of benzene rings is 1. The van der Waals surface area contributed by atoms with Crippen LogP contribution in [0.15, 0.2) is 30.3 Å². The molecule has 1 aliphatic heterocycles. The summed E-state index contributed by atoms with van der Waals surface area (Å²) in [4.78, 5) is 2.56. The standard InChI is InChI=1S/C16H26N2S/c1-2-16-13-18(10-11-19-16)12-15(17)9-8-14-6-4-3-5-7-14/h3-7,15-16H,2,8-13,17H2,1H3. The molecule has 0 spiro atoms. The maximum Gasteiger partial charge on any atom is 0.0172 e. The monoisotopic (exact) mass is 278 g/mol. The van der Waals surface area contributed by atoms with Crippen molar-refractivity contribution in [2.75, 3.05) is 25.4 Å². The number of rotatable bonds is 6. The van der Waals surface area contributed by atoms with Crippen LogP contribution in [-0.2, 0) is 6.42 Å². The van der Waals surface area contributed by atoms with Gasteiger partial charge in [0.25, 0.3) is 0 Å². The fourth-order valence-electron chi connectivity index (χ4n) is 2.61. The molecule has 0 amide bonds. The summed E-state index contributed by atoms with van der Waals surface area (Å²) in [5.41, 5.74) is 7.69. The van der Waals surface area contributed by atoms with E-state index < -0.39 is 0 Å². The Morgan fingerprint density at radius 2 is 2.16 bits per heavy atom. The second-order valence-electron chi connectivity index (χ2n) is 5.44. The molecule has 0 saturated carbocycles. The summed E-state index contributed by atoms with van der Waals surface area (Å²) in [6, 6.07) is 11.0. The van der Waals surface area contributed by atoms with Gasteiger partial charge in [-0.3, -0.25) is 4.90 Å². The molecule has 1 aromatic rings. The summed E-state index contributed by atoms with van der Waals surface area (Å²) in [7, 11) is 0. The van der Waals surface area contributed by atoms with Crippen LogP contribution in [0, 0.1) is 0 Å². The normalized spacial score (nSPS) is 22.3. The first-order valence-corrected chi connectivity index (χ1v) is 8.46. The smallest absolute Gasteiger partial charge is 0.0172 e. The van der Waals surface area contributed by atoms with E-state index in [0.29, 0.717) is 6.04 Å². The van der Waals surface area contributed by atoms with E-state index in [4.69, 9.17) is 5.73 Å². The van der Waals surface area contributed by atoms with Gasteiger partial charge in [-0.05, 0) is 24.8 Å². The van der Waals surface area contributed by atoms with E-state index in [1.165, 1.54) is 30.8 Å². The van der Waals surface area contributed by atoms with Crippen molar-refractivity contribution in [1.82, 2.24) is 4.90 Å². The first kappa shape index (κ1) is 14.9. The van der Waals surface area contributed by atoms with E-state index in [1.807, 2.05) is 0 Å². The first-order chi connectivity index (χ1) is 9.28. The van der Waals surface area contributed by atoms with Gasteiger partial charge >= 0.3 is 0 Å². The van der Waals surface area contributed by atoms with Crippen molar-refractivity contribution in [2.24, 2.45) is 5.73 Å². The van der Waals surface area contributed by atoms with Crippen molar-refractivity contribution in [3.05, 3.63) is 35.9 Å². The maximum atomic E-state index is 6.29. The predicted octanol–water partition coefficient (Wildman–Crippen LogP) is 2.77. The largest absolute Gasteiger partial charge is 0.327 e. The van der Waals surface area contributed by atoms with Gasteiger partial charge in [0.2, 0.25) is 0 Å². The van der Waals surface area contributed by atoms with Crippen molar-refractivity contribution in [3.8, 4) is 0 Å². The van der Waals surface area contributed by atoms with Crippen LogP contribution in [0.3, 0.4) is 0 Å². The highest BCUT2D eigenvalue weighted by atomic mass is 32.2. The number of hydrogen-bond donors (Lipinski definition) is 1. The Labute approximate surface area is 121 Å². The summed E-state index contributed by atoms with van der Waals surface area (Å²) in [5, 5.41) is 0.815. The molecule has 2 rings (SSSR count). The van der Waals surface area contributed by atoms with Crippen LogP contribution in [0.5, 0.6) is 0 Å². The van der Waals surface area contributed by atoms with E-state index >= 15 is 0 Å². The summed E-state index contributed by atoms with van der Waals surface area (Å²) in [6.07, 6.45) is 3.46. The summed E-state index contributed by atoms with van der Waals surface area (Å²) in [6.45, 7) is 5.78. The molecule has 19 heavy (non-hydrogen) atoms. The second-order valence-corrected chi connectivity index (χ2v) is 6.85. The van der Waals surface area contributed by atoms with Crippen LogP contribution in [-0.4, -0.2) is 41.6 Å². The molecule has 2 unspecified atom stereocenters. The average Bonchev–Trinajstić information content (AvgIpc) is 2.46. The molecular weight excluding hydrogens is 252 g/mol. The van der Waals surface area contributed by atoms with Crippen LogP contribution in [0.4, 0.5) is 0 Å². The van der Waals surface area contributed by atoms with E-state index in [-0.39, 0.29) is 0 Å². The summed E-state index contributed by atoms with van der Waals surface area (Å²) >= 11 is 2.12. The summed E-state index contributed by atoms with van der Waals surface area (Å²) < 4.78 is 0. The second kappa shape index (κ2) is 7.93. The van der Waals surface area contributed by atoms with Crippen LogP contribution >= 0.6 is 11.8 Å². The van der Waals surface area contributed by atoms with Crippen LogP contribution in [0.2, 0.25) is 0 Å². The average molecular weight is 278 g/mol. The zero-order chi connectivity index (χ0) is 13.5. The molecule has 1 aliphatic rings. The third kappa shape index (κ3) is 5.17. The molecular formula is C16H26N2S. The third-order valence-corrected chi connectivity index (χ3v) is 5.19. The molecule has 1 saturated heterocycles. The SMILES string of the molecule is CCC1CN(CC(N)CCc2ccccc2)CCS1. The highest BCUT2D eigenvalue weighted by Gasteiger charge is 2.20. The number of nitrogens with two attached hydrogens (primary N) is 1. The number of thioether (sulfide) groups is 1. The lowest BCUT2D eigenvalue weighted by Gasteiger charge is -2.33. The number of hydrogen-bond acceptors (Lipinski definition) is 3. The van der Waals surface area contributed by atoms with Gasteiger partial charge in [0.1, 0.15) is 0 Å². The predicted molar refractivity (Wildman–Crippen MR) is 85.7 cm³/mol. The van der Waals surface area contributed by atoms with Gasteiger partial charge in [-0.25, -0.2) is 0 Å². The van der Waals surface area contributed by atoms with E-state index in [9.17, 15) is 0 Å². The Bertz CT molecular complexity index is 355. The van der Waals surface area contributed by atoms with Crippen molar-refractivity contribution in [3.63, 3.8) is 0 Å². The van der Waals surface area contributed by atoms with Gasteiger partial charge < -0.3 is 5.73 Å². The van der Waals surface area contributed by atoms with Crippen molar-refractivity contribution in [2.45, 2.75) is 37.5 Å². The maximum absolute atomic E-state index is 6.29. The Morgan fingerprint density at radius 1 is 1.37 bits per heavy atom. The molecule has 106 valence electrons. The zero-order valence-electron chi connectivity index (χ0n) is 11.9. The minimum atomic E-state index is 0.306. The molecule has 2 N–H and O–H groups in total. The third-order valence-electron chi connectivity index (χ3n) is 3.82. The minimum Gasteiger partial charge on any atom is -0.327 e. The quantitative estimate of drug-likeness (QED) is 0.867. The highest BCUT2D eigenvalue weighted by molar-refractivity contribution is 8.00. The zero-order valence-corrected chi connectivity index (χ0v) is 12.7. The molecule has 2 atom stereocenters. The van der Waals surface area contributed by atoms with Crippen LogP contribution in [0.25, 0.3) is 0 Å². The molecule has 0 aromatic heterocycles. The lowest BCUT2D eigenvalue weighted by atomic mass is 10.1. The highest BCUT2D eigenvalue weighted by Crippen LogP contribution is 2.21. The van der Waals surface area contributed by atoms with Gasteiger partial charge in [0, 0.05) is 36.7 Å². The van der Waals surface area contributed by atoms with E-state index in [2.05, 4.69) is 53.9 Å². The summed E-state index contributed by atoms with van der Waals surface area (Å²) in [5.74, 6) is 1.27. The Kier molecular flexibility index (Phi) is 6.21. The van der Waals surface area contributed by atoms with Gasteiger partial charge in [-0.2, -0.15) is 11.8 Å². The molecule has 0 bridgehead atoms. The molecule has 3 heteroatoms. The lowest BCUT2D eigenvalue weighted by Crippen LogP contribution is -2.44. The van der Waals surface area contributed by atoms with Gasteiger partial charge in [0.05, 0.1) is 0 Å². The van der Waals surface area contributed by atoms with Gasteiger partial charge in [0.15, 0.2) is 0 Å². The Balaban J connectivity index is 1.70. The Morgan fingerprint density at radius 3 is 2.89 bits per heavy atom. The molecule has 1 aromatic carbocycles. The van der Waals surface area contributed by atoms with Crippen molar-refractivity contribution in [1.29, 1.82) is 0 Å². The number of nitrogens with zero attached hydrogens (tertiary/aromatic N) is 1. The number of aryl methyl sites for hydroxylation is 1. The molecule has 2 nitrogen and oxygen atoms in total. The van der Waals surface area contributed by atoms with Gasteiger partial charge in [-0.1, -0.05) is 37.3 Å². The molecule has 1 fully saturated rings. The van der Waals surface area contributed by atoms with Crippen molar-refractivity contribution >= 4 is 11.8 Å². The topological polar surface area (TPSA) is 29.3 Å². The Hall–Kier alpha value is -0.510. The van der Waals surface area contributed by atoms with Gasteiger partial charge in [-0.15, -0.1) is 0 Å². The lowest BCUT2D eigenvalue weighted by molar-refractivity contribution is 0.259. The minimum absolute atomic E-state index is 0.306. The fraction of sp³-hybridized carbons (Fsp3) is 0.625. The van der Waals surface area contributed by atoms with Crippen molar-refractivity contribution < 1.29 is 0 Å². The van der Waals surface area contributed by atoms with Crippen LogP contribution in [0.1, 0.15) is 25.3 Å². The van der Waals surface area contributed by atoms with E-state index in [1.54, 1.807) is 0 Å². The molecule has 1 heterocycles. The van der Waals surface area contributed by atoms with E-state index in [0.717, 1.165) is 24.6 Å². The fourth-order valence-corrected chi connectivity index (χ4v) is 3.86. The first-order valence-electron chi connectivity index (χ1n) is 7.41. The molecule has 0 radical (unpaired) electrons.